The van der Waals surface area contributed by atoms with Crippen LogP contribution in [0.4, 0.5) is 15.9 Å². The van der Waals surface area contributed by atoms with Crippen LogP contribution in [0.3, 0.4) is 0 Å². The van der Waals surface area contributed by atoms with E-state index in [9.17, 15) is 9.18 Å². The highest BCUT2D eigenvalue weighted by molar-refractivity contribution is 6.30. The molecule has 0 spiro atoms. The smallest absolute Gasteiger partial charge is 0.271 e. The van der Waals surface area contributed by atoms with Gasteiger partial charge in [-0.1, -0.05) is 35.9 Å². The molecule has 5 nitrogen and oxygen atoms in total. The lowest BCUT2D eigenvalue weighted by Crippen LogP contribution is -2.26. The molecule has 3 aromatic rings. The maximum atomic E-state index is 13.6. The summed E-state index contributed by atoms with van der Waals surface area (Å²) in [5.74, 6) is -0.352. The molecule has 0 atom stereocenters. The standard InChI is InChI=1S/C19H16ClFN4O/c20-14-7-5-13(6-8-14)11-12-22-19(26)17-9-10-18(25-24-17)23-16-4-2-1-3-15(16)21/h1-10H,11-12H2,(H,22,26)(H,23,25). The van der Waals surface area contributed by atoms with Crippen molar-refractivity contribution in [3.63, 3.8) is 0 Å². The van der Waals surface area contributed by atoms with Crippen molar-refractivity contribution in [2.24, 2.45) is 0 Å². The van der Waals surface area contributed by atoms with Crippen molar-refractivity contribution >= 4 is 29.0 Å². The van der Waals surface area contributed by atoms with Crippen molar-refractivity contribution in [3.8, 4) is 0 Å². The first kappa shape index (κ1) is 17.8. The highest BCUT2D eigenvalue weighted by atomic mass is 35.5. The van der Waals surface area contributed by atoms with E-state index in [4.69, 9.17) is 11.6 Å². The minimum absolute atomic E-state index is 0.195. The average molecular weight is 371 g/mol. The lowest BCUT2D eigenvalue weighted by molar-refractivity contribution is 0.0948. The third kappa shape index (κ3) is 4.77. The second-order valence-electron chi connectivity index (χ2n) is 5.54. The second kappa shape index (κ2) is 8.40. The number of rotatable bonds is 6. The average Bonchev–Trinajstić information content (AvgIpc) is 2.66. The van der Waals surface area contributed by atoms with Crippen molar-refractivity contribution in [1.29, 1.82) is 0 Å². The van der Waals surface area contributed by atoms with Crippen LogP contribution in [0.5, 0.6) is 0 Å². The first-order valence-corrected chi connectivity index (χ1v) is 8.37. The number of anilines is 2. The Balaban J connectivity index is 1.53. The van der Waals surface area contributed by atoms with Crippen molar-refractivity contribution in [3.05, 3.63) is 82.8 Å². The van der Waals surface area contributed by atoms with Gasteiger partial charge in [0.15, 0.2) is 11.5 Å². The van der Waals surface area contributed by atoms with E-state index in [2.05, 4.69) is 20.8 Å². The van der Waals surface area contributed by atoms with Crippen LogP contribution in [-0.4, -0.2) is 22.6 Å². The molecule has 0 saturated heterocycles. The zero-order chi connectivity index (χ0) is 18.4. The summed E-state index contributed by atoms with van der Waals surface area (Å²) in [7, 11) is 0. The third-order valence-electron chi connectivity index (χ3n) is 3.65. The van der Waals surface area contributed by atoms with Crippen molar-refractivity contribution < 1.29 is 9.18 Å². The fourth-order valence-corrected chi connectivity index (χ4v) is 2.41. The topological polar surface area (TPSA) is 66.9 Å². The van der Waals surface area contributed by atoms with Gasteiger partial charge in [0.25, 0.3) is 5.91 Å². The number of carbonyl (C=O) groups is 1. The molecule has 132 valence electrons. The Morgan fingerprint density at radius 1 is 1.00 bits per heavy atom. The van der Waals surface area contributed by atoms with Crippen LogP contribution in [0.15, 0.2) is 60.7 Å². The Morgan fingerprint density at radius 2 is 1.77 bits per heavy atom. The molecule has 1 amide bonds. The molecule has 1 aromatic heterocycles. The van der Waals surface area contributed by atoms with E-state index in [1.807, 2.05) is 24.3 Å². The van der Waals surface area contributed by atoms with E-state index >= 15 is 0 Å². The fraction of sp³-hybridized carbons (Fsp3) is 0.105. The molecule has 0 saturated carbocycles. The van der Waals surface area contributed by atoms with Gasteiger partial charge in [0.05, 0.1) is 5.69 Å². The minimum Gasteiger partial charge on any atom is -0.350 e. The van der Waals surface area contributed by atoms with E-state index in [-0.39, 0.29) is 11.6 Å². The van der Waals surface area contributed by atoms with Gasteiger partial charge in [0, 0.05) is 11.6 Å². The Bertz CT molecular complexity index is 885. The minimum atomic E-state index is -0.390. The number of amides is 1. The van der Waals surface area contributed by atoms with Crippen LogP contribution < -0.4 is 10.6 Å². The molecule has 2 aromatic carbocycles. The molecule has 0 radical (unpaired) electrons. The predicted octanol–water partition coefficient (Wildman–Crippen LogP) is 3.99. The molecule has 26 heavy (non-hydrogen) atoms. The van der Waals surface area contributed by atoms with Crippen molar-refractivity contribution in [2.45, 2.75) is 6.42 Å². The maximum Gasteiger partial charge on any atom is 0.271 e. The van der Waals surface area contributed by atoms with Gasteiger partial charge in [-0.3, -0.25) is 4.79 Å². The van der Waals surface area contributed by atoms with Gasteiger partial charge in [-0.15, -0.1) is 10.2 Å². The van der Waals surface area contributed by atoms with Crippen LogP contribution in [0.25, 0.3) is 0 Å². The number of halogens is 2. The Hall–Kier alpha value is -2.99. The first-order valence-electron chi connectivity index (χ1n) is 8.00. The fourth-order valence-electron chi connectivity index (χ4n) is 2.28. The number of para-hydroxylation sites is 1. The van der Waals surface area contributed by atoms with E-state index in [1.54, 1.807) is 24.3 Å². The summed E-state index contributed by atoms with van der Waals surface area (Å²) in [5.41, 5.74) is 1.56. The summed E-state index contributed by atoms with van der Waals surface area (Å²) in [5, 5.41) is 14.1. The third-order valence-corrected chi connectivity index (χ3v) is 3.90. The van der Waals surface area contributed by atoms with Crippen LogP contribution in [-0.2, 0) is 6.42 Å². The molecule has 0 bridgehead atoms. The predicted molar refractivity (Wildman–Crippen MR) is 99.2 cm³/mol. The summed E-state index contributed by atoms with van der Waals surface area (Å²) in [6.07, 6.45) is 0.684. The monoisotopic (exact) mass is 370 g/mol. The van der Waals surface area contributed by atoms with Crippen LogP contribution in [0, 0.1) is 5.82 Å². The van der Waals surface area contributed by atoms with Gasteiger partial charge in [-0.05, 0) is 48.4 Å². The number of nitrogens with zero attached hydrogens (tertiary/aromatic N) is 2. The Labute approximate surface area is 155 Å². The van der Waals surface area contributed by atoms with Crippen LogP contribution >= 0.6 is 11.6 Å². The molecule has 0 aliphatic heterocycles. The SMILES string of the molecule is O=C(NCCc1ccc(Cl)cc1)c1ccc(Nc2ccccc2F)nn1. The molecule has 0 aliphatic rings. The molecular formula is C19H16ClFN4O. The number of hydrogen-bond acceptors (Lipinski definition) is 4. The largest absolute Gasteiger partial charge is 0.350 e. The number of aromatic nitrogens is 2. The molecule has 2 N–H and O–H groups in total. The number of carbonyl (C=O) groups excluding carboxylic acids is 1. The van der Waals surface area contributed by atoms with Gasteiger partial charge in [0.2, 0.25) is 0 Å². The van der Waals surface area contributed by atoms with Crippen molar-refractivity contribution in [1.82, 2.24) is 15.5 Å². The lowest BCUT2D eigenvalue weighted by Gasteiger charge is -2.07. The normalized spacial score (nSPS) is 10.4. The summed E-state index contributed by atoms with van der Waals surface area (Å²) < 4.78 is 13.6. The Morgan fingerprint density at radius 3 is 2.46 bits per heavy atom. The van der Waals surface area contributed by atoms with Gasteiger partial charge in [0.1, 0.15) is 5.82 Å². The summed E-state index contributed by atoms with van der Waals surface area (Å²) >= 11 is 5.84. The molecular weight excluding hydrogens is 355 g/mol. The molecule has 1 heterocycles. The van der Waals surface area contributed by atoms with Gasteiger partial charge in [-0.2, -0.15) is 0 Å². The lowest BCUT2D eigenvalue weighted by atomic mass is 10.1. The van der Waals surface area contributed by atoms with Gasteiger partial charge >= 0.3 is 0 Å². The molecule has 7 heteroatoms. The molecule has 3 rings (SSSR count). The van der Waals surface area contributed by atoms with Crippen LogP contribution in [0.1, 0.15) is 16.1 Å². The van der Waals surface area contributed by atoms with E-state index < -0.39 is 5.82 Å². The molecule has 0 aliphatic carbocycles. The maximum absolute atomic E-state index is 13.6. The van der Waals surface area contributed by atoms with Crippen molar-refractivity contribution in [2.75, 3.05) is 11.9 Å². The molecule has 0 fully saturated rings. The highest BCUT2D eigenvalue weighted by Gasteiger charge is 2.08. The Kier molecular flexibility index (Phi) is 5.76. The van der Waals surface area contributed by atoms with Gasteiger partial charge < -0.3 is 10.6 Å². The van der Waals surface area contributed by atoms with E-state index in [1.165, 1.54) is 12.1 Å². The van der Waals surface area contributed by atoms with E-state index in [0.717, 1.165) is 5.56 Å². The number of hydrogen-bond donors (Lipinski definition) is 2. The first-order chi connectivity index (χ1) is 12.6. The summed E-state index contributed by atoms with van der Waals surface area (Å²) in [6, 6.07) is 16.8. The number of benzene rings is 2. The zero-order valence-electron chi connectivity index (χ0n) is 13.7. The summed E-state index contributed by atoms with van der Waals surface area (Å²) in [6.45, 7) is 0.470. The second-order valence-corrected chi connectivity index (χ2v) is 5.98. The van der Waals surface area contributed by atoms with Gasteiger partial charge in [-0.25, -0.2) is 4.39 Å². The zero-order valence-corrected chi connectivity index (χ0v) is 14.5. The number of nitrogens with one attached hydrogen (secondary N) is 2. The quantitative estimate of drug-likeness (QED) is 0.688. The highest BCUT2D eigenvalue weighted by Crippen LogP contribution is 2.17. The van der Waals surface area contributed by atoms with Crippen LogP contribution in [0.2, 0.25) is 5.02 Å². The molecule has 0 unspecified atom stereocenters. The summed E-state index contributed by atoms with van der Waals surface area (Å²) in [4.78, 5) is 12.1. The van der Waals surface area contributed by atoms with E-state index in [0.29, 0.717) is 29.5 Å².